The van der Waals surface area contributed by atoms with Crippen LogP contribution in [0.25, 0.3) is 0 Å². The van der Waals surface area contributed by atoms with Crippen LogP contribution in [-0.4, -0.2) is 18.1 Å². The van der Waals surface area contributed by atoms with E-state index in [0.29, 0.717) is 16.9 Å². The maximum atomic E-state index is 5.35. The predicted molar refractivity (Wildman–Crippen MR) is 80.6 cm³/mol. The molecule has 3 atom stereocenters. The molecule has 2 aliphatic rings. The van der Waals surface area contributed by atoms with Gasteiger partial charge in [0.25, 0.3) is 0 Å². The van der Waals surface area contributed by atoms with Crippen molar-refractivity contribution in [2.75, 3.05) is 7.11 Å². The van der Waals surface area contributed by atoms with Crippen molar-refractivity contribution in [1.82, 2.24) is 10.3 Å². The fourth-order valence-electron chi connectivity index (χ4n) is 4.77. The highest BCUT2D eigenvalue weighted by Gasteiger charge is 2.58. The third-order valence-electron chi connectivity index (χ3n) is 5.81. The minimum absolute atomic E-state index is 0.391. The van der Waals surface area contributed by atoms with Crippen LogP contribution in [0.4, 0.5) is 0 Å². The third-order valence-corrected chi connectivity index (χ3v) is 5.81. The van der Waals surface area contributed by atoms with E-state index in [1.807, 2.05) is 6.07 Å². The average Bonchev–Trinajstić information content (AvgIpc) is 2.90. The van der Waals surface area contributed by atoms with Crippen LogP contribution < -0.4 is 10.1 Å². The van der Waals surface area contributed by atoms with Gasteiger partial charge < -0.3 is 10.1 Å². The molecule has 0 spiro atoms. The smallest absolute Gasteiger partial charge is 0.217 e. The van der Waals surface area contributed by atoms with Gasteiger partial charge in [0.05, 0.1) is 7.11 Å². The van der Waals surface area contributed by atoms with E-state index in [2.05, 4.69) is 37.1 Å². The van der Waals surface area contributed by atoms with Crippen molar-refractivity contribution in [2.24, 2.45) is 16.7 Å². The number of hydrogen-bond acceptors (Lipinski definition) is 3. The normalized spacial score (nSPS) is 34.4. The second kappa shape index (κ2) is 4.73. The summed E-state index contributed by atoms with van der Waals surface area (Å²) in [6.07, 6.45) is 5.92. The molecule has 2 aliphatic carbocycles. The lowest BCUT2D eigenvalue weighted by Gasteiger charge is -2.43. The second-order valence-electron chi connectivity index (χ2n) is 7.40. The van der Waals surface area contributed by atoms with Crippen LogP contribution in [0.3, 0.4) is 0 Å². The summed E-state index contributed by atoms with van der Waals surface area (Å²) < 4.78 is 5.35. The Hall–Kier alpha value is -1.09. The van der Waals surface area contributed by atoms with Gasteiger partial charge in [-0.3, -0.25) is 0 Å². The Bertz CT molecular complexity index is 495. The summed E-state index contributed by atoms with van der Waals surface area (Å²) in [6, 6.07) is 4.66. The summed E-state index contributed by atoms with van der Waals surface area (Å²) in [5, 5.41) is 3.81. The molecule has 3 heteroatoms. The van der Waals surface area contributed by atoms with Gasteiger partial charge in [-0.05, 0) is 42.1 Å². The molecule has 1 heterocycles. The fourth-order valence-corrected chi connectivity index (χ4v) is 4.77. The van der Waals surface area contributed by atoms with E-state index in [-0.39, 0.29) is 0 Å². The zero-order valence-corrected chi connectivity index (χ0v) is 13.1. The molecule has 2 bridgehead atoms. The highest BCUT2D eigenvalue weighted by Crippen LogP contribution is 2.62. The molecule has 0 saturated heterocycles. The summed E-state index contributed by atoms with van der Waals surface area (Å²) in [5.41, 5.74) is 2.00. The topological polar surface area (TPSA) is 34.1 Å². The van der Waals surface area contributed by atoms with Crippen molar-refractivity contribution in [3.05, 3.63) is 23.9 Å². The second-order valence-corrected chi connectivity index (χ2v) is 7.40. The van der Waals surface area contributed by atoms with Gasteiger partial charge in [0.1, 0.15) is 0 Å². The van der Waals surface area contributed by atoms with Crippen LogP contribution in [0, 0.1) is 16.7 Å². The Labute approximate surface area is 122 Å². The number of ether oxygens (including phenoxy) is 1. The Morgan fingerprint density at radius 3 is 2.85 bits per heavy atom. The van der Waals surface area contributed by atoms with Gasteiger partial charge in [0.2, 0.25) is 5.88 Å². The van der Waals surface area contributed by atoms with Crippen molar-refractivity contribution in [3.8, 4) is 5.88 Å². The molecule has 0 aliphatic heterocycles. The Morgan fingerprint density at radius 2 is 2.20 bits per heavy atom. The van der Waals surface area contributed by atoms with Crippen molar-refractivity contribution in [3.63, 3.8) is 0 Å². The minimum atomic E-state index is 0.391. The summed E-state index contributed by atoms with van der Waals surface area (Å²) in [4.78, 5) is 4.28. The van der Waals surface area contributed by atoms with Crippen molar-refractivity contribution >= 4 is 0 Å². The lowest BCUT2D eigenvalue weighted by molar-refractivity contribution is 0.107. The first kappa shape index (κ1) is 13.9. The molecule has 20 heavy (non-hydrogen) atoms. The number of aromatic nitrogens is 1. The Balaban J connectivity index is 1.75. The summed E-state index contributed by atoms with van der Waals surface area (Å²) in [6.45, 7) is 8.16. The summed E-state index contributed by atoms with van der Waals surface area (Å²) in [7, 11) is 1.69. The fraction of sp³-hybridized carbons (Fsp3) is 0.706. The van der Waals surface area contributed by atoms with E-state index >= 15 is 0 Å². The van der Waals surface area contributed by atoms with E-state index in [1.54, 1.807) is 13.3 Å². The highest BCUT2D eigenvalue weighted by atomic mass is 16.5. The largest absolute Gasteiger partial charge is 0.481 e. The molecule has 2 fully saturated rings. The highest BCUT2D eigenvalue weighted by molar-refractivity contribution is 5.25. The van der Waals surface area contributed by atoms with E-state index in [4.69, 9.17) is 4.74 Å². The number of fused-ring (bicyclic) bond motifs is 2. The Kier molecular flexibility index (Phi) is 3.28. The number of nitrogens with one attached hydrogen (secondary N) is 1. The molecule has 0 aromatic carbocycles. The van der Waals surface area contributed by atoms with E-state index in [1.165, 1.54) is 19.3 Å². The number of rotatable bonds is 4. The quantitative estimate of drug-likeness (QED) is 0.914. The monoisotopic (exact) mass is 274 g/mol. The number of nitrogens with zero attached hydrogens (tertiary/aromatic N) is 1. The SMILES string of the molecule is COc1ncccc1CNC1C(C)(C)[C@H]2CC[C@]1(C)C2. The van der Waals surface area contributed by atoms with Gasteiger partial charge in [-0.25, -0.2) is 4.98 Å². The number of methoxy groups -OCH3 is 1. The molecular weight excluding hydrogens is 248 g/mol. The molecule has 3 nitrogen and oxygen atoms in total. The van der Waals surface area contributed by atoms with Crippen LogP contribution in [0.2, 0.25) is 0 Å². The van der Waals surface area contributed by atoms with Gasteiger partial charge in [0.15, 0.2) is 0 Å². The van der Waals surface area contributed by atoms with E-state index < -0.39 is 0 Å². The molecule has 0 amide bonds. The first-order valence-corrected chi connectivity index (χ1v) is 7.68. The zero-order valence-electron chi connectivity index (χ0n) is 13.1. The minimum Gasteiger partial charge on any atom is -0.481 e. The van der Waals surface area contributed by atoms with E-state index in [0.717, 1.165) is 23.9 Å². The predicted octanol–water partition coefficient (Wildman–Crippen LogP) is 3.39. The molecule has 1 N–H and O–H groups in total. The van der Waals surface area contributed by atoms with Gasteiger partial charge >= 0.3 is 0 Å². The standard InChI is InChI=1S/C17H26N2O/c1-16(2)13-7-8-17(3,10-13)15(16)19-11-12-6-5-9-18-14(12)20-4/h5-6,9,13,15,19H,7-8,10-11H2,1-4H3/t13-,15?,17+/m0/s1. The molecule has 110 valence electrons. The Morgan fingerprint density at radius 1 is 1.40 bits per heavy atom. The maximum absolute atomic E-state index is 5.35. The van der Waals surface area contributed by atoms with Crippen LogP contribution in [-0.2, 0) is 6.54 Å². The summed E-state index contributed by atoms with van der Waals surface area (Å²) >= 11 is 0. The third kappa shape index (κ3) is 2.03. The first-order valence-electron chi connectivity index (χ1n) is 7.68. The molecule has 1 aromatic rings. The number of hydrogen-bond donors (Lipinski definition) is 1. The molecule has 3 rings (SSSR count). The van der Waals surface area contributed by atoms with Gasteiger partial charge in [-0.2, -0.15) is 0 Å². The van der Waals surface area contributed by atoms with Crippen LogP contribution in [0.15, 0.2) is 18.3 Å². The van der Waals surface area contributed by atoms with Crippen LogP contribution >= 0.6 is 0 Å². The lowest BCUT2D eigenvalue weighted by atomic mass is 9.68. The zero-order chi connectivity index (χ0) is 14.4. The van der Waals surface area contributed by atoms with Crippen LogP contribution in [0.1, 0.15) is 45.6 Å². The molecule has 1 aromatic heterocycles. The first-order chi connectivity index (χ1) is 9.47. The molecule has 1 unspecified atom stereocenters. The average molecular weight is 274 g/mol. The van der Waals surface area contributed by atoms with Gasteiger partial charge in [-0.1, -0.05) is 26.8 Å². The number of pyridine rings is 1. The van der Waals surface area contributed by atoms with Crippen molar-refractivity contribution in [1.29, 1.82) is 0 Å². The van der Waals surface area contributed by atoms with Crippen LogP contribution in [0.5, 0.6) is 5.88 Å². The van der Waals surface area contributed by atoms with E-state index in [9.17, 15) is 0 Å². The van der Waals surface area contributed by atoms with Gasteiger partial charge in [-0.15, -0.1) is 0 Å². The van der Waals surface area contributed by atoms with Crippen molar-refractivity contribution in [2.45, 2.75) is 52.6 Å². The summed E-state index contributed by atoms with van der Waals surface area (Å²) in [5.74, 6) is 1.62. The maximum Gasteiger partial charge on any atom is 0.217 e. The molecule has 0 radical (unpaired) electrons. The van der Waals surface area contributed by atoms with Gasteiger partial charge in [0, 0.05) is 24.3 Å². The molecular formula is C17H26N2O. The van der Waals surface area contributed by atoms with Crippen molar-refractivity contribution < 1.29 is 4.74 Å². The lowest BCUT2D eigenvalue weighted by Crippen LogP contribution is -2.49. The molecule has 2 saturated carbocycles.